The quantitative estimate of drug-likeness (QED) is 0.771. The Bertz CT molecular complexity index is 637. The van der Waals surface area contributed by atoms with Crippen molar-refractivity contribution in [1.82, 2.24) is 10.2 Å². The van der Waals surface area contributed by atoms with E-state index in [9.17, 15) is 9.59 Å². The Morgan fingerprint density at radius 2 is 1.78 bits per heavy atom. The van der Waals surface area contributed by atoms with Crippen molar-refractivity contribution < 1.29 is 14.3 Å². The lowest BCUT2D eigenvalue weighted by atomic mass is 9.81. The summed E-state index contributed by atoms with van der Waals surface area (Å²) in [7, 11) is 0. The minimum Gasteiger partial charge on any atom is -0.378 e. The number of hydrogen-bond donors (Lipinski definition) is 1. The first-order valence-electron chi connectivity index (χ1n) is 9.61. The summed E-state index contributed by atoms with van der Waals surface area (Å²) < 4.78 is 5.32. The van der Waals surface area contributed by atoms with E-state index in [2.05, 4.69) is 19.2 Å². The van der Waals surface area contributed by atoms with Crippen LogP contribution in [0.5, 0.6) is 0 Å². The van der Waals surface area contributed by atoms with Gasteiger partial charge in [-0.15, -0.1) is 0 Å². The highest BCUT2D eigenvalue weighted by molar-refractivity contribution is 6.30. The average molecular weight is 395 g/mol. The van der Waals surface area contributed by atoms with Crippen LogP contribution in [-0.4, -0.2) is 49.1 Å². The highest BCUT2D eigenvalue weighted by atomic mass is 35.5. The molecule has 2 rings (SSSR count). The Kier molecular flexibility index (Phi) is 7.68. The molecule has 1 aromatic rings. The fraction of sp³-hybridized carbons (Fsp3) is 0.619. The van der Waals surface area contributed by atoms with Gasteiger partial charge in [0.2, 0.25) is 11.8 Å². The van der Waals surface area contributed by atoms with E-state index in [4.69, 9.17) is 16.3 Å². The molecule has 1 heterocycles. The van der Waals surface area contributed by atoms with Crippen molar-refractivity contribution >= 4 is 23.4 Å². The SMILES string of the molecule is CC(C)C[C@@H](NC(=O)CC(C)(C)c1ccc(Cl)cc1)C(=O)N1CCOCC1. The van der Waals surface area contributed by atoms with Crippen molar-refractivity contribution in [3.63, 3.8) is 0 Å². The van der Waals surface area contributed by atoms with Gasteiger partial charge in [0.15, 0.2) is 0 Å². The summed E-state index contributed by atoms with van der Waals surface area (Å²) in [4.78, 5) is 27.4. The van der Waals surface area contributed by atoms with Gasteiger partial charge in [-0.25, -0.2) is 0 Å². The van der Waals surface area contributed by atoms with E-state index < -0.39 is 6.04 Å². The zero-order valence-corrected chi connectivity index (χ0v) is 17.5. The van der Waals surface area contributed by atoms with Gasteiger partial charge in [0.05, 0.1) is 13.2 Å². The van der Waals surface area contributed by atoms with Crippen molar-refractivity contribution in [2.24, 2.45) is 5.92 Å². The third kappa shape index (κ3) is 6.51. The first-order valence-corrected chi connectivity index (χ1v) is 9.99. The summed E-state index contributed by atoms with van der Waals surface area (Å²) in [5.41, 5.74) is 0.695. The molecule has 0 unspecified atom stereocenters. The number of amides is 2. The van der Waals surface area contributed by atoms with E-state index in [1.165, 1.54) is 0 Å². The van der Waals surface area contributed by atoms with Gasteiger partial charge in [-0.3, -0.25) is 9.59 Å². The number of carbonyl (C=O) groups excluding carboxylic acids is 2. The summed E-state index contributed by atoms with van der Waals surface area (Å²) in [5.74, 6) is 0.191. The molecule has 1 fully saturated rings. The van der Waals surface area contributed by atoms with Crippen molar-refractivity contribution in [3.8, 4) is 0 Å². The molecule has 27 heavy (non-hydrogen) atoms. The molecular weight excluding hydrogens is 364 g/mol. The number of morpholine rings is 1. The number of benzene rings is 1. The standard InChI is InChI=1S/C21H31ClN2O3/c1-15(2)13-18(20(26)24-9-11-27-12-10-24)23-19(25)14-21(3,4)16-5-7-17(22)8-6-16/h5-8,15,18H,9-14H2,1-4H3,(H,23,25)/t18-/m1/s1. The van der Waals surface area contributed by atoms with E-state index in [1.807, 2.05) is 38.1 Å². The number of nitrogens with one attached hydrogen (secondary N) is 1. The normalized spacial score (nSPS) is 16.3. The van der Waals surface area contributed by atoms with Gasteiger partial charge in [-0.2, -0.15) is 0 Å². The number of hydrogen-bond acceptors (Lipinski definition) is 3. The van der Waals surface area contributed by atoms with Crippen LogP contribution in [-0.2, 0) is 19.7 Å². The topological polar surface area (TPSA) is 58.6 Å². The summed E-state index contributed by atoms with van der Waals surface area (Å²) >= 11 is 5.96. The van der Waals surface area contributed by atoms with Crippen LogP contribution in [0.3, 0.4) is 0 Å². The zero-order valence-electron chi connectivity index (χ0n) is 16.8. The van der Waals surface area contributed by atoms with Crippen LogP contribution in [0.4, 0.5) is 0 Å². The van der Waals surface area contributed by atoms with Crippen molar-refractivity contribution in [3.05, 3.63) is 34.9 Å². The van der Waals surface area contributed by atoms with Crippen LogP contribution in [0.15, 0.2) is 24.3 Å². The second-order valence-corrected chi connectivity index (χ2v) is 8.69. The third-order valence-corrected chi connectivity index (χ3v) is 5.14. The van der Waals surface area contributed by atoms with Gasteiger partial charge in [0.1, 0.15) is 6.04 Å². The number of carbonyl (C=O) groups is 2. The number of halogens is 1. The Balaban J connectivity index is 2.03. The molecule has 1 atom stereocenters. The molecular formula is C21H31ClN2O3. The molecule has 2 amide bonds. The molecule has 5 nitrogen and oxygen atoms in total. The van der Waals surface area contributed by atoms with Crippen molar-refractivity contribution in [2.45, 2.75) is 52.0 Å². The van der Waals surface area contributed by atoms with E-state index in [-0.39, 0.29) is 17.2 Å². The van der Waals surface area contributed by atoms with E-state index in [0.29, 0.717) is 50.1 Å². The molecule has 1 aliphatic rings. The van der Waals surface area contributed by atoms with E-state index in [0.717, 1.165) is 5.56 Å². The lowest BCUT2D eigenvalue weighted by molar-refractivity contribution is -0.140. The highest BCUT2D eigenvalue weighted by Gasteiger charge is 2.30. The first kappa shape index (κ1) is 21.7. The van der Waals surface area contributed by atoms with Crippen LogP contribution in [0.2, 0.25) is 5.02 Å². The van der Waals surface area contributed by atoms with Crippen LogP contribution >= 0.6 is 11.6 Å². The Morgan fingerprint density at radius 3 is 2.33 bits per heavy atom. The second kappa shape index (κ2) is 9.56. The smallest absolute Gasteiger partial charge is 0.245 e. The molecule has 0 aliphatic carbocycles. The molecule has 6 heteroatoms. The van der Waals surface area contributed by atoms with E-state index >= 15 is 0 Å². The molecule has 1 N–H and O–H groups in total. The molecule has 1 aromatic carbocycles. The summed E-state index contributed by atoms with van der Waals surface area (Å²) in [5, 5.41) is 3.66. The number of rotatable bonds is 7. The van der Waals surface area contributed by atoms with Crippen LogP contribution in [0.25, 0.3) is 0 Å². The largest absolute Gasteiger partial charge is 0.378 e. The van der Waals surface area contributed by atoms with Gasteiger partial charge < -0.3 is 15.0 Å². The monoisotopic (exact) mass is 394 g/mol. The van der Waals surface area contributed by atoms with Crippen molar-refractivity contribution in [2.75, 3.05) is 26.3 Å². The predicted molar refractivity (Wildman–Crippen MR) is 108 cm³/mol. The minimum atomic E-state index is -0.489. The molecule has 1 saturated heterocycles. The third-order valence-electron chi connectivity index (χ3n) is 4.89. The Hall–Kier alpha value is -1.59. The summed E-state index contributed by atoms with van der Waals surface area (Å²) in [6.07, 6.45) is 0.933. The van der Waals surface area contributed by atoms with Crippen molar-refractivity contribution in [1.29, 1.82) is 0 Å². The van der Waals surface area contributed by atoms with E-state index in [1.54, 1.807) is 4.90 Å². The fourth-order valence-corrected chi connectivity index (χ4v) is 3.47. The van der Waals surface area contributed by atoms with Gasteiger partial charge in [-0.05, 0) is 35.4 Å². The maximum atomic E-state index is 12.9. The molecule has 0 aromatic heterocycles. The highest BCUT2D eigenvalue weighted by Crippen LogP contribution is 2.28. The maximum Gasteiger partial charge on any atom is 0.245 e. The number of nitrogens with zero attached hydrogens (tertiary/aromatic N) is 1. The lowest BCUT2D eigenvalue weighted by Crippen LogP contribution is -2.52. The Morgan fingerprint density at radius 1 is 1.19 bits per heavy atom. The Labute approximate surface area is 167 Å². The zero-order chi connectivity index (χ0) is 20.0. The van der Waals surface area contributed by atoms with Gasteiger partial charge in [-0.1, -0.05) is 51.4 Å². The molecule has 150 valence electrons. The second-order valence-electron chi connectivity index (χ2n) is 8.25. The van der Waals surface area contributed by atoms with Gasteiger partial charge >= 0.3 is 0 Å². The first-order chi connectivity index (χ1) is 12.7. The summed E-state index contributed by atoms with van der Waals surface area (Å²) in [6.45, 7) is 10.4. The van der Waals surface area contributed by atoms with Crippen LogP contribution < -0.4 is 5.32 Å². The maximum absolute atomic E-state index is 12.9. The minimum absolute atomic E-state index is 0.00958. The van der Waals surface area contributed by atoms with Crippen LogP contribution in [0.1, 0.15) is 46.1 Å². The lowest BCUT2D eigenvalue weighted by Gasteiger charge is -2.32. The van der Waals surface area contributed by atoms with Gasteiger partial charge in [0, 0.05) is 24.5 Å². The number of ether oxygens (including phenoxy) is 1. The molecule has 0 spiro atoms. The summed E-state index contributed by atoms with van der Waals surface area (Å²) in [6, 6.07) is 7.07. The molecule has 1 aliphatic heterocycles. The average Bonchev–Trinajstić information content (AvgIpc) is 2.60. The van der Waals surface area contributed by atoms with Gasteiger partial charge in [0.25, 0.3) is 0 Å². The molecule has 0 radical (unpaired) electrons. The fourth-order valence-electron chi connectivity index (χ4n) is 3.35. The predicted octanol–water partition coefficient (Wildman–Crippen LogP) is 3.40. The molecule has 0 bridgehead atoms. The molecule has 0 saturated carbocycles. The van der Waals surface area contributed by atoms with Crippen LogP contribution in [0, 0.1) is 5.92 Å².